The first-order valence-corrected chi connectivity index (χ1v) is 20.4. The topological polar surface area (TPSA) is 125 Å². The van der Waals surface area contributed by atoms with Gasteiger partial charge in [-0.1, -0.05) is 73.5 Å². The number of nitrogens with one attached hydrogen (secondary N) is 2. The van der Waals surface area contributed by atoms with Crippen molar-refractivity contribution in [3.63, 3.8) is 0 Å². The first-order valence-electron chi connectivity index (χ1n) is 18.9. The van der Waals surface area contributed by atoms with E-state index in [1.165, 1.54) is 0 Å². The van der Waals surface area contributed by atoms with Crippen LogP contribution in [0.1, 0.15) is 84.0 Å². The molecule has 2 heterocycles. The van der Waals surface area contributed by atoms with E-state index in [2.05, 4.69) is 22.8 Å². The highest BCUT2D eigenvalue weighted by Crippen LogP contribution is 2.37. The van der Waals surface area contributed by atoms with Crippen LogP contribution in [-0.4, -0.2) is 64.5 Å². The normalized spacial score (nSPS) is 15.7. The van der Waals surface area contributed by atoms with Crippen LogP contribution in [0, 0.1) is 0 Å². The van der Waals surface area contributed by atoms with Gasteiger partial charge in [0.05, 0.1) is 6.54 Å². The van der Waals surface area contributed by atoms with Crippen molar-refractivity contribution >= 4 is 58.1 Å². The van der Waals surface area contributed by atoms with Crippen LogP contribution in [0.15, 0.2) is 102 Å². The monoisotopic (exact) mass is 779 g/mol. The Morgan fingerprint density at radius 1 is 0.855 bits per heavy atom. The summed E-state index contributed by atoms with van der Waals surface area (Å²) in [5, 5.41) is 15.2. The summed E-state index contributed by atoms with van der Waals surface area (Å²) in [5.74, 6) is 1.44. The van der Waals surface area contributed by atoms with E-state index in [0.29, 0.717) is 56.2 Å². The van der Waals surface area contributed by atoms with Crippen LogP contribution in [0.4, 0.5) is 0 Å². The lowest BCUT2D eigenvalue weighted by Crippen LogP contribution is -2.52. The third-order valence-corrected chi connectivity index (χ3v) is 11.2. The molecule has 4 amide bonds. The van der Waals surface area contributed by atoms with Gasteiger partial charge in [0, 0.05) is 35.7 Å². The number of nitrogens with zero attached hydrogens (tertiary/aromatic N) is 1. The van der Waals surface area contributed by atoms with Gasteiger partial charge in [0.1, 0.15) is 24.1 Å². The number of rotatable bonds is 18. The number of imide groups is 1. The summed E-state index contributed by atoms with van der Waals surface area (Å²) in [4.78, 5) is 52.2. The van der Waals surface area contributed by atoms with E-state index < -0.39 is 11.9 Å². The number of halogens is 1. The zero-order valence-corrected chi connectivity index (χ0v) is 32.3. The second kappa shape index (κ2) is 19.5. The number of ether oxygens (including phenoxy) is 1. The van der Waals surface area contributed by atoms with E-state index >= 15 is 0 Å². The summed E-state index contributed by atoms with van der Waals surface area (Å²) in [6, 6.07) is 30.4. The number of hydrogen-bond donors (Lipinski definition) is 3. The van der Waals surface area contributed by atoms with Gasteiger partial charge in [0.15, 0.2) is 0 Å². The Bertz CT molecular complexity index is 2000. The van der Waals surface area contributed by atoms with E-state index in [9.17, 15) is 24.3 Å². The number of aromatic hydroxyl groups is 1. The lowest BCUT2D eigenvalue weighted by molar-refractivity contribution is -0.137. The number of phenolic OH excluding ortho intramolecular Hbond substituents is 1. The Balaban J connectivity index is 0.900. The predicted octanol–water partition coefficient (Wildman–Crippen LogP) is 7.98. The Kier molecular flexibility index (Phi) is 14.1. The van der Waals surface area contributed by atoms with Crippen LogP contribution >= 0.6 is 23.4 Å². The van der Waals surface area contributed by atoms with Crippen molar-refractivity contribution < 1.29 is 29.0 Å². The van der Waals surface area contributed by atoms with Gasteiger partial charge < -0.3 is 20.1 Å². The van der Waals surface area contributed by atoms with Crippen LogP contribution in [-0.2, 0) is 20.9 Å². The van der Waals surface area contributed by atoms with E-state index in [-0.39, 0.29) is 29.9 Å². The molecule has 1 atom stereocenters. The van der Waals surface area contributed by atoms with E-state index in [1.54, 1.807) is 28.8 Å². The fraction of sp³-hybridized carbons (Fsp3) is 0.318. The summed E-state index contributed by atoms with van der Waals surface area (Å²) in [6.07, 6.45) is 5.46. The van der Waals surface area contributed by atoms with Gasteiger partial charge in [0.25, 0.3) is 5.91 Å². The molecule has 0 saturated carbocycles. The number of carbonyl (C=O) groups excluding carboxylic acids is 4. The van der Waals surface area contributed by atoms with Crippen LogP contribution in [0.3, 0.4) is 0 Å². The first-order chi connectivity index (χ1) is 26.8. The van der Waals surface area contributed by atoms with Crippen LogP contribution in [0.2, 0.25) is 0 Å². The number of alkyl halides is 1. The van der Waals surface area contributed by atoms with Crippen molar-refractivity contribution in [3.05, 3.63) is 125 Å². The average Bonchev–Trinajstić information content (AvgIpc) is 3.53. The van der Waals surface area contributed by atoms with Crippen molar-refractivity contribution in [2.24, 2.45) is 0 Å². The fourth-order valence-corrected chi connectivity index (χ4v) is 8.35. The molecule has 11 heteroatoms. The zero-order chi connectivity index (χ0) is 38.6. The number of amides is 4. The van der Waals surface area contributed by atoms with Crippen molar-refractivity contribution in [2.45, 2.75) is 68.8 Å². The number of benzene rings is 4. The Morgan fingerprint density at radius 2 is 1.58 bits per heavy atom. The molecule has 2 aliphatic rings. The molecule has 0 spiro atoms. The number of allylic oxidation sites excluding steroid dienone is 1. The average molecular weight is 780 g/mol. The highest BCUT2D eigenvalue weighted by atomic mass is 35.5. The number of piperidine rings is 1. The van der Waals surface area contributed by atoms with Crippen LogP contribution < -0.4 is 15.4 Å². The molecule has 0 aliphatic carbocycles. The third kappa shape index (κ3) is 10.4. The molecule has 0 bridgehead atoms. The highest BCUT2D eigenvalue weighted by molar-refractivity contribution is 7.99. The fourth-order valence-electron chi connectivity index (χ4n) is 7.07. The summed E-state index contributed by atoms with van der Waals surface area (Å²) in [5.41, 5.74) is 6.82. The second-order valence-corrected chi connectivity index (χ2v) is 15.1. The lowest BCUT2D eigenvalue weighted by atomic mass is 9.88. The molecule has 9 nitrogen and oxygen atoms in total. The van der Waals surface area contributed by atoms with Gasteiger partial charge in [-0.2, -0.15) is 0 Å². The molecule has 2 aliphatic heterocycles. The number of thioether (sulfide) groups is 1. The third-order valence-electron chi connectivity index (χ3n) is 9.86. The van der Waals surface area contributed by atoms with E-state index in [1.807, 2.05) is 72.8 Å². The van der Waals surface area contributed by atoms with E-state index in [0.717, 1.165) is 69.7 Å². The van der Waals surface area contributed by atoms with Crippen LogP contribution in [0.5, 0.6) is 11.5 Å². The molecule has 0 aromatic heterocycles. The quantitative estimate of drug-likeness (QED) is 0.0308. The summed E-state index contributed by atoms with van der Waals surface area (Å²) in [6.45, 7) is 1.14. The van der Waals surface area contributed by atoms with Gasteiger partial charge in [-0.15, -0.1) is 23.4 Å². The van der Waals surface area contributed by atoms with Crippen molar-refractivity contribution in [2.75, 3.05) is 24.8 Å². The largest absolute Gasteiger partial charge is 0.508 e. The predicted molar refractivity (Wildman–Crippen MR) is 217 cm³/mol. The molecular formula is C44H46ClN3O6S. The van der Waals surface area contributed by atoms with Crippen molar-refractivity contribution in [1.82, 2.24) is 15.5 Å². The molecule has 1 fully saturated rings. The highest BCUT2D eigenvalue weighted by Gasteiger charge is 2.39. The van der Waals surface area contributed by atoms with Crippen molar-refractivity contribution in [1.29, 1.82) is 0 Å². The van der Waals surface area contributed by atoms with Gasteiger partial charge in [-0.25, -0.2) is 0 Å². The smallest absolute Gasteiger partial charge is 0.255 e. The molecule has 55 heavy (non-hydrogen) atoms. The number of unbranched alkanes of at least 4 members (excludes halogenated alkanes) is 3. The molecule has 1 unspecified atom stereocenters. The van der Waals surface area contributed by atoms with Gasteiger partial charge in [-0.05, 0) is 101 Å². The minimum atomic E-state index is -0.616. The second-order valence-electron chi connectivity index (χ2n) is 13.6. The summed E-state index contributed by atoms with van der Waals surface area (Å²) in [7, 11) is 0. The standard InChI is InChI=1S/C44H46ClN3O6S/c45-25-24-35(30-9-4-3-5-10-30)42(31-14-18-33(49)19-15-31)32-16-20-34(21-17-32)54-27-26-46-40(50)13-6-1-2-7-28-55-39-12-8-11-36-37(39)29-48(44(36)53)38-22-23-41(51)47-43(38)52/h3-5,8-12,14-21,38,49H,1-2,6-7,13,22-29H2,(H,46,50)(H,47,51,52)/b42-35-. The van der Waals surface area contributed by atoms with Gasteiger partial charge in [0.2, 0.25) is 17.7 Å². The number of hydrogen-bond acceptors (Lipinski definition) is 7. The molecular weight excluding hydrogens is 734 g/mol. The lowest BCUT2D eigenvalue weighted by Gasteiger charge is -2.29. The molecule has 4 aromatic carbocycles. The number of phenols is 1. The number of carbonyl (C=O) groups is 4. The molecule has 0 radical (unpaired) electrons. The molecule has 3 N–H and O–H groups in total. The Morgan fingerprint density at radius 3 is 2.31 bits per heavy atom. The SMILES string of the molecule is O=C(CCCCCCSc1cccc2c1CN(C1CCC(=O)NC1=O)C2=O)NCCOc1ccc(/C(=C(/CCCl)c2ccccc2)c2ccc(O)cc2)cc1. The van der Waals surface area contributed by atoms with Crippen LogP contribution in [0.25, 0.3) is 11.1 Å². The molecule has 286 valence electrons. The molecule has 1 saturated heterocycles. The Labute approximate surface area is 331 Å². The maximum Gasteiger partial charge on any atom is 0.255 e. The molecule has 6 rings (SSSR count). The summed E-state index contributed by atoms with van der Waals surface area (Å²) >= 11 is 7.99. The minimum absolute atomic E-state index is 0.00909. The maximum absolute atomic E-state index is 13.1. The Hall–Kier alpha value is -5.06. The van der Waals surface area contributed by atoms with Gasteiger partial charge in [-0.3, -0.25) is 24.5 Å². The van der Waals surface area contributed by atoms with E-state index in [4.69, 9.17) is 16.3 Å². The maximum atomic E-state index is 13.1. The minimum Gasteiger partial charge on any atom is -0.508 e. The summed E-state index contributed by atoms with van der Waals surface area (Å²) < 4.78 is 5.95. The number of fused-ring (bicyclic) bond motifs is 1. The zero-order valence-electron chi connectivity index (χ0n) is 30.7. The molecule has 4 aromatic rings. The van der Waals surface area contributed by atoms with Crippen molar-refractivity contribution in [3.8, 4) is 11.5 Å². The first kappa shape index (κ1) is 39.6. The van der Waals surface area contributed by atoms with Gasteiger partial charge >= 0.3 is 0 Å².